The number of unbranched alkanes of at least 4 members (excludes halogenated alkanes) is 2. The minimum atomic E-state index is -0.265. The molecule has 1 aromatic rings. The number of hydrogen-bond acceptors (Lipinski definition) is 3. The van der Waals surface area contributed by atoms with Crippen molar-refractivity contribution in [1.29, 1.82) is 0 Å². The van der Waals surface area contributed by atoms with Gasteiger partial charge in [-0.1, -0.05) is 33.1 Å². The van der Waals surface area contributed by atoms with Crippen LogP contribution >= 0.6 is 0 Å². The van der Waals surface area contributed by atoms with Crippen molar-refractivity contribution in [3.63, 3.8) is 0 Å². The van der Waals surface area contributed by atoms with Gasteiger partial charge in [-0.15, -0.1) is 0 Å². The molecule has 2 unspecified atom stereocenters. The topological polar surface area (TPSA) is 55.2 Å². The first-order chi connectivity index (χ1) is 10.7. The molecule has 2 heterocycles. The van der Waals surface area contributed by atoms with Gasteiger partial charge in [0.2, 0.25) is 5.78 Å². The third-order valence-corrected chi connectivity index (χ3v) is 4.58. The van der Waals surface area contributed by atoms with Crippen LogP contribution in [0.4, 0.5) is 0 Å². The fourth-order valence-electron chi connectivity index (χ4n) is 3.40. The van der Waals surface area contributed by atoms with Gasteiger partial charge in [0.25, 0.3) is 5.91 Å². The van der Waals surface area contributed by atoms with Crippen LogP contribution in [0.5, 0.6) is 0 Å². The Morgan fingerprint density at radius 1 is 1.14 bits per heavy atom. The summed E-state index contributed by atoms with van der Waals surface area (Å²) < 4.78 is 2.00. The average molecular weight is 305 g/mol. The second kappa shape index (κ2) is 8.11. The summed E-state index contributed by atoms with van der Waals surface area (Å²) in [7, 11) is 0. The molecule has 0 aliphatic carbocycles. The molecular weight excluding hydrogens is 278 g/mol. The van der Waals surface area contributed by atoms with Gasteiger partial charge in [-0.05, 0) is 19.3 Å². The van der Waals surface area contributed by atoms with Crippen LogP contribution in [-0.2, 0) is 16.1 Å². The monoisotopic (exact) mass is 305 g/mol. The molecule has 122 valence electrons. The van der Waals surface area contributed by atoms with E-state index >= 15 is 0 Å². The summed E-state index contributed by atoms with van der Waals surface area (Å²) in [6, 6.07) is 0.0969. The molecule has 0 aromatic carbocycles. The number of Topliss-reactive ketones (excluding diaryl/α,β-unsaturated/α-hetero) is 1. The molecule has 1 fully saturated rings. The number of likely N-dealkylation sites (tertiary alicyclic amines) is 1. The number of carbonyl (C=O) groups is 2. The summed E-state index contributed by atoms with van der Waals surface area (Å²) in [6.45, 7) is 5.72. The van der Waals surface area contributed by atoms with Crippen LogP contribution in [-0.4, -0.2) is 38.7 Å². The molecule has 0 saturated carbocycles. The SMILES string of the molecule is CCCCCC1C(=O)C(=O)N(CCCn2ccnc2)C1CC. The number of aromatic nitrogens is 2. The molecule has 0 spiro atoms. The molecule has 5 nitrogen and oxygen atoms in total. The highest BCUT2D eigenvalue weighted by Gasteiger charge is 2.45. The van der Waals surface area contributed by atoms with Crippen molar-refractivity contribution in [3.05, 3.63) is 18.7 Å². The maximum atomic E-state index is 12.3. The van der Waals surface area contributed by atoms with Crippen molar-refractivity contribution >= 4 is 11.7 Å². The fourth-order valence-corrected chi connectivity index (χ4v) is 3.40. The molecule has 1 amide bonds. The number of ketones is 1. The average Bonchev–Trinajstić information content (AvgIpc) is 3.11. The molecule has 0 bridgehead atoms. The first-order valence-electron chi connectivity index (χ1n) is 8.49. The van der Waals surface area contributed by atoms with Crippen molar-refractivity contribution in [2.45, 2.75) is 65.0 Å². The quantitative estimate of drug-likeness (QED) is 0.520. The molecule has 0 N–H and O–H groups in total. The molecule has 0 radical (unpaired) electrons. The molecule has 22 heavy (non-hydrogen) atoms. The molecule has 1 aliphatic rings. The first kappa shape index (κ1) is 16.7. The highest BCUT2D eigenvalue weighted by atomic mass is 16.2. The van der Waals surface area contributed by atoms with Gasteiger partial charge in [0, 0.05) is 37.4 Å². The van der Waals surface area contributed by atoms with E-state index in [2.05, 4.69) is 18.8 Å². The molecule has 1 aliphatic heterocycles. The van der Waals surface area contributed by atoms with Gasteiger partial charge in [-0.25, -0.2) is 4.98 Å². The standard InChI is InChI=1S/C17H27N3O2/c1-3-5-6-8-14-15(4-2)20(17(22)16(14)21)11-7-10-19-12-9-18-13-19/h9,12-15H,3-8,10-11H2,1-2H3. The second-order valence-electron chi connectivity index (χ2n) is 6.09. The molecule has 2 rings (SSSR count). The zero-order valence-corrected chi connectivity index (χ0v) is 13.7. The van der Waals surface area contributed by atoms with Crippen LogP contribution < -0.4 is 0 Å². The molecule has 2 atom stereocenters. The van der Waals surface area contributed by atoms with Crippen LogP contribution in [0.1, 0.15) is 52.4 Å². The van der Waals surface area contributed by atoms with E-state index in [9.17, 15) is 9.59 Å². The van der Waals surface area contributed by atoms with Gasteiger partial charge in [0.15, 0.2) is 0 Å². The van der Waals surface area contributed by atoms with Crippen LogP contribution in [0, 0.1) is 5.92 Å². The number of hydrogen-bond donors (Lipinski definition) is 0. The highest BCUT2D eigenvalue weighted by Crippen LogP contribution is 2.29. The fraction of sp³-hybridized carbons (Fsp3) is 0.706. The van der Waals surface area contributed by atoms with Gasteiger partial charge in [-0.3, -0.25) is 9.59 Å². The first-order valence-corrected chi connectivity index (χ1v) is 8.49. The van der Waals surface area contributed by atoms with Crippen molar-refractivity contribution in [3.8, 4) is 0 Å². The summed E-state index contributed by atoms with van der Waals surface area (Å²) in [6.07, 6.45) is 11.3. The van der Waals surface area contributed by atoms with Gasteiger partial charge in [0.05, 0.1) is 6.33 Å². The molecule has 5 heteroatoms. The Labute approximate surface area is 132 Å². The summed E-state index contributed by atoms with van der Waals surface area (Å²) in [4.78, 5) is 30.4. The summed E-state index contributed by atoms with van der Waals surface area (Å²) in [5, 5.41) is 0. The highest BCUT2D eigenvalue weighted by molar-refractivity contribution is 6.39. The van der Waals surface area contributed by atoms with Crippen molar-refractivity contribution in [2.24, 2.45) is 5.92 Å². The Morgan fingerprint density at radius 2 is 1.95 bits per heavy atom. The minimum absolute atomic E-state index is 0.0858. The molecule has 1 saturated heterocycles. The van der Waals surface area contributed by atoms with Gasteiger partial charge in [-0.2, -0.15) is 0 Å². The van der Waals surface area contributed by atoms with Gasteiger partial charge < -0.3 is 9.47 Å². The Balaban J connectivity index is 1.91. The summed E-state index contributed by atoms with van der Waals surface area (Å²) in [5.74, 6) is -0.512. The number of imidazole rings is 1. The van der Waals surface area contributed by atoms with Crippen molar-refractivity contribution in [1.82, 2.24) is 14.5 Å². The minimum Gasteiger partial charge on any atom is -0.337 e. The van der Waals surface area contributed by atoms with Crippen molar-refractivity contribution in [2.75, 3.05) is 6.54 Å². The van der Waals surface area contributed by atoms with Crippen molar-refractivity contribution < 1.29 is 9.59 Å². The van der Waals surface area contributed by atoms with E-state index in [1.165, 1.54) is 0 Å². The van der Waals surface area contributed by atoms with E-state index in [0.29, 0.717) is 6.54 Å². The van der Waals surface area contributed by atoms with E-state index in [4.69, 9.17) is 0 Å². The van der Waals surface area contributed by atoms with Crippen LogP contribution in [0.25, 0.3) is 0 Å². The van der Waals surface area contributed by atoms with Gasteiger partial charge in [0.1, 0.15) is 0 Å². The normalized spacial score (nSPS) is 21.8. The number of aryl methyl sites for hydroxylation is 1. The number of amides is 1. The Hall–Kier alpha value is -1.65. The zero-order valence-electron chi connectivity index (χ0n) is 13.7. The lowest BCUT2D eigenvalue weighted by atomic mass is 9.91. The number of nitrogens with zero attached hydrogens (tertiary/aromatic N) is 3. The van der Waals surface area contributed by atoms with Crippen LogP contribution in [0.15, 0.2) is 18.7 Å². The van der Waals surface area contributed by atoms with E-state index < -0.39 is 0 Å². The summed E-state index contributed by atoms with van der Waals surface area (Å²) >= 11 is 0. The van der Waals surface area contributed by atoms with Crippen LogP contribution in [0.2, 0.25) is 0 Å². The van der Waals surface area contributed by atoms with E-state index in [1.54, 1.807) is 12.5 Å². The van der Waals surface area contributed by atoms with E-state index in [1.807, 2.05) is 15.7 Å². The number of carbonyl (C=O) groups excluding carboxylic acids is 2. The lowest BCUT2D eigenvalue weighted by Crippen LogP contribution is -2.36. The number of rotatable bonds is 9. The maximum absolute atomic E-state index is 12.3. The smallest absolute Gasteiger partial charge is 0.290 e. The second-order valence-corrected chi connectivity index (χ2v) is 6.09. The lowest BCUT2D eigenvalue weighted by Gasteiger charge is -2.26. The predicted octanol–water partition coefficient (Wildman–Crippen LogP) is 2.66. The Kier molecular flexibility index (Phi) is 6.16. The maximum Gasteiger partial charge on any atom is 0.290 e. The molecular formula is C17H27N3O2. The largest absolute Gasteiger partial charge is 0.337 e. The lowest BCUT2D eigenvalue weighted by molar-refractivity contribution is -0.141. The summed E-state index contributed by atoms with van der Waals surface area (Å²) in [5.41, 5.74) is 0. The Bertz CT molecular complexity index is 484. The zero-order chi connectivity index (χ0) is 15.9. The van der Waals surface area contributed by atoms with E-state index in [-0.39, 0.29) is 23.7 Å². The predicted molar refractivity (Wildman–Crippen MR) is 85.3 cm³/mol. The third-order valence-electron chi connectivity index (χ3n) is 4.58. The van der Waals surface area contributed by atoms with Gasteiger partial charge >= 0.3 is 0 Å². The van der Waals surface area contributed by atoms with Crippen LogP contribution in [0.3, 0.4) is 0 Å². The van der Waals surface area contributed by atoms with E-state index in [0.717, 1.165) is 45.1 Å². The Morgan fingerprint density at radius 3 is 2.59 bits per heavy atom. The third kappa shape index (κ3) is 3.76. The molecule has 1 aromatic heterocycles.